The standard InChI is InChI=1S/C32H38N2O6/c1-20-21(2)31(37)40-29-22(3)27(13-12-25(20)29)39-19-28(35)33-26(17-23-9-5-4-6-10-23)30(36)34-16-15-32(38)14-8-7-11-24(32)18-34/h4-6,9-10,12-13,24,26,38H,7-8,11,14-19H2,1-3H3,(H,33,35)/t24-,26-,32+/m0/s1. The third-order valence-corrected chi connectivity index (χ3v) is 8.84. The smallest absolute Gasteiger partial charge is 0.339 e. The maximum atomic E-state index is 13.7. The summed E-state index contributed by atoms with van der Waals surface area (Å²) in [5.41, 5.74) is 2.36. The number of benzene rings is 2. The van der Waals surface area contributed by atoms with Gasteiger partial charge < -0.3 is 24.5 Å². The van der Waals surface area contributed by atoms with Crippen molar-refractivity contribution in [3.63, 3.8) is 0 Å². The SMILES string of the molecule is Cc1c(C)c2ccc(OCC(=O)N[C@@H](Cc3ccccc3)C(=O)N3CC[C@]4(O)CCCC[C@H]4C3)c(C)c2oc1=O. The molecule has 1 aliphatic heterocycles. The van der Waals surface area contributed by atoms with E-state index < -0.39 is 23.2 Å². The molecular formula is C32H38N2O6. The van der Waals surface area contributed by atoms with Crippen LogP contribution in [0.3, 0.4) is 0 Å². The minimum absolute atomic E-state index is 0.0683. The summed E-state index contributed by atoms with van der Waals surface area (Å²) in [5.74, 6) is -0.0489. The van der Waals surface area contributed by atoms with Crippen LogP contribution in [0.2, 0.25) is 0 Å². The Morgan fingerprint density at radius 1 is 1.07 bits per heavy atom. The molecular weight excluding hydrogens is 508 g/mol. The number of rotatable bonds is 7. The lowest BCUT2D eigenvalue weighted by Crippen LogP contribution is -2.58. The molecule has 2 amide bonds. The van der Waals surface area contributed by atoms with Gasteiger partial charge in [-0.25, -0.2) is 4.79 Å². The number of aliphatic hydroxyl groups is 1. The molecule has 2 aromatic carbocycles. The monoisotopic (exact) mass is 546 g/mol. The van der Waals surface area contributed by atoms with E-state index in [2.05, 4.69) is 5.32 Å². The first-order valence-corrected chi connectivity index (χ1v) is 14.2. The van der Waals surface area contributed by atoms with Gasteiger partial charge in [0, 0.05) is 41.9 Å². The number of amides is 2. The van der Waals surface area contributed by atoms with E-state index in [0.29, 0.717) is 48.4 Å². The molecule has 3 atom stereocenters. The molecule has 1 aromatic heterocycles. The zero-order valence-electron chi connectivity index (χ0n) is 23.5. The van der Waals surface area contributed by atoms with E-state index in [0.717, 1.165) is 42.2 Å². The predicted octanol–water partition coefficient (Wildman–Crippen LogP) is 3.98. The summed E-state index contributed by atoms with van der Waals surface area (Å²) >= 11 is 0. The minimum Gasteiger partial charge on any atom is -0.483 e. The molecule has 0 radical (unpaired) electrons. The highest BCUT2D eigenvalue weighted by molar-refractivity contribution is 5.89. The number of hydrogen-bond donors (Lipinski definition) is 2. The van der Waals surface area contributed by atoms with Crippen LogP contribution >= 0.6 is 0 Å². The molecule has 2 fully saturated rings. The Kier molecular flexibility index (Phi) is 7.99. The van der Waals surface area contributed by atoms with Crippen LogP contribution in [0, 0.1) is 26.7 Å². The van der Waals surface area contributed by atoms with Gasteiger partial charge in [-0.3, -0.25) is 9.59 Å². The van der Waals surface area contributed by atoms with Gasteiger partial charge in [0.1, 0.15) is 17.4 Å². The van der Waals surface area contributed by atoms with Crippen molar-refractivity contribution in [3.05, 3.63) is 75.1 Å². The molecule has 2 N–H and O–H groups in total. The summed E-state index contributed by atoms with van der Waals surface area (Å²) < 4.78 is 11.4. The number of fused-ring (bicyclic) bond motifs is 2. The van der Waals surface area contributed by atoms with Crippen molar-refractivity contribution in [1.82, 2.24) is 10.2 Å². The summed E-state index contributed by atoms with van der Waals surface area (Å²) in [6, 6.07) is 12.5. The van der Waals surface area contributed by atoms with Crippen LogP contribution in [-0.2, 0) is 16.0 Å². The molecule has 2 heterocycles. The highest BCUT2D eigenvalue weighted by Crippen LogP contribution is 2.40. The van der Waals surface area contributed by atoms with Crippen molar-refractivity contribution < 1.29 is 23.8 Å². The minimum atomic E-state index is -0.755. The lowest BCUT2D eigenvalue weighted by atomic mass is 9.71. The second kappa shape index (κ2) is 11.5. The summed E-state index contributed by atoms with van der Waals surface area (Å²) in [7, 11) is 0. The summed E-state index contributed by atoms with van der Waals surface area (Å²) in [6.45, 7) is 6.09. The molecule has 0 unspecified atom stereocenters. The van der Waals surface area contributed by atoms with E-state index >= 15 is 0 Å². The van der Waals surface area contributed by atoms with E-state index in [4.69, 9.17) is 9.15 Å². The van der Waals surface area contributed by atoms with E-state index in [1.165, 1.54) is 0 Å². The molecule has 0 bridgehead atoms. The summed E-state index contributed by atoms with van der Waals surface area (Å²) in [5, 5.41) is 14.8. The van der Waals surface area contributed by atoms with Crippen LogP contribution in [0.4, 0.5) is 0 Å². The van der Waals surface area contributed by atoms with E-state index in [-0.39, 0.29) is 18.4 Å². The van der Waals surface area contributed by atoms with Gasteiger partial charge in [-0.1, -0.05) is 43.2 Å². The van der Waals surface area contributed by atoms with Gasteiger partial charge in [0.05, 0.1) is 5.60 Å². The largest absolute Gasteiger partial charge is 0.483 e. The Labute approximate surface area is 234 Å². The predicted molar refractivity (Wildman–Crippen MR) is 152 cm³/mol. The highest BCUT2D eigenvalue weighted by Gasteiger charge is 2.44. The Morgan fingerprint density at radius 3 is 2.62 bits per heavy atom. The molecule has 5 rings (SSSR count). The number of nitrogens with zero attached hydrogens (tertiary/aromatic N) is 1. The van der Waals surface area contributed by atoms with Gasteiger partial charge in [-0.05, 0) is 63.3 Å². The first-order valence-electron chi connectivity index (χ1n) is 14.2. The zero-order valence-corrected chi connectivity index (χ0v) is 23.5. The fraction of sp³-hybridized carbons (Fsp3) is 0.469. The van der Waals surface area contributed by atoms with Gasteiger partial charge in [0.15, 0.2) is 6.61 Å². The third kappa shape index (κ3) is 5.63. The molecule has 0 spiro atoms. The highest BCUT2D eigenvalue weighted by atomic mass is 16.5. The number of nitrogens with one attached hydrogen (secondary N) is 1. The van der Waals surface area contributed by atoms with Crippen LogP contribution in [0.25, 0.3) is 11.0 Å². The second-order valence-electron chi connectivity index (χ2n) is 11.4. The van der Waals surface area contributed by atoms with Crippen molar-refractivity contribution in [3.8, 4) is 5.75 Å². The normalized spacial score (nSPS) is 21.5. The van der Waals surface area contributed by atoms with Gasteiger partial charge in [-0.2, -0.15) is 0 Å². The molecule has 1 saturated heterocycles. The number of carbonyl (C=O) groups excluding carboxylic acids is 2. The third-order valence-electron chi connectivity index (χ3n) is 8.84. The van der Waals surface area contributed by atoms with Crippen molar-refractivity contribution in [2.45, 2.75) is 70.9 Å². The first kappa shape index (κ1) is 27.9. The second-order valence-corrected chi connectivity index (χ2v) is 11.4. The van der Waals surface area contributed by atoms with Crippen LogP contribution < -0.4 is 15.7 Å². The quantitative estimate of drug-likeness (QED) is 0.434. The molecule has 8 heteroatoms. The van der Waals surface area contributed by atoms with Gasteiger partial charge >= 0.3 is 5.63 Å². The van der Waals surface area contributed by atoms with Crippen LogP contribution in [-0.4, -0.2) is 53.2 Å². The van der Waals surface area contributed by atoms with Gasteiger partial charge in [0.2, 0.25) is 5.91 Å². The van der Waals surface area contributed by atoms with Crippen molar-refractivity contribution in [1.29, 1.82) is 0 Å². The maximum absolute atomic E-state index is 13.7. The van der Waals surface area contributed by atoms with E-state index in [9.17, 15) is 19.5 Å². The van der Waals surface area contributed by atoms with Crippen LogP contribution in [0.1, 0.15) is 54.4 Å². The molecule has 1 saturated carbocycles. The Bertz CT molecular complexity index is 1470. The Hall–Kier alpha value is -3.65. The molecule has 212 valence electrons. The van der Waals surface area contributed by atoms with E-state index in [1.54, 1.807) is 24.8 Å². The fourth-order valence-corrected chi connectivity index (χ4v) is 6.20. The molecule has 2 aliphatic rings. The number of carbonyl (C=O) groups is 2. The van der Waals surface area contributed by atoms with Crippen molar-refractivity contribution in [2.24, 2.45) is 5.92 Å². The van der Waals surface area contributed by atoms with Crippen molar-refractivity contribution in [2.75, 3.05) is 19.7 Å². The van der Waals surface area contributed by atoms with Crippen LogP contribution in [0.5, 0.6) is 5.75 Å². The van der Waals surface area contributed by atoms with E-state index in [1.807, 2.05) is 43.3 Å². The maximum Gasteiger partial charge on any atom is 0.339 e. The average Bonchev–Trinajstić information content (AvgIpc) is 2.95. The fourth-order valence-electron chi connectivity index (χ4n) is 6.20. The lowest BCUT2D eigenvalue weighted by molar-refractivity contribution is -0.147. The van der Waals surface area contributed by atoms with Gasteiger partial charge in [-0.15, -0.1) is 0 Å². The molecule has 1 aliphatic carbocycles. The number of piperidine rings is 1. The molecule has 8 nitrogen and oxygen atoms in total. The Balaban J connectivity index is 1.29. The zero-order chi connectivity index (χ0) is 28.4. The number of hydrogen-bond acceptors (Lipinski definition) is 6. The average molecular weight is 547 g/mol. The number of likely N-dealkylation sites (tertiary alicyclic amines) is 1. The lowest BCUT2D eigenvalue weighted by Gasteiger charge is -2.48. The number of ether oxygens (including phenoxy) is 1. The molecule has 3 aromatic rings. The summed E-state index contributed by atoms with van der Waals surface area (Å²) in [6.07, 6.45) is 4.71. The topological polar surface area (TPSA) is 109 Å². The number of aryl methyl sites for hydroxylation is 2. The summed E-state index contributed by atoms with van der Waals surface area (Å²) in [4.78, 5) is 40.8. The van der Waals surface area contributed by atoms with Crippen molar-refractivity contribution >= 4 is 22.8 Å². The van der Waals surface area contributed by atoms with Gasteiger partial charge in [0.25, 0.3) is 5.91 Å². The van der Waals surface area contributed by atoms with Crippen LogP contribution in [0.15, 0.2) is 51.7 Å². The Morgan fingerprint density at radius 2 is 1.85 bits per heavy atom. The molecule has 40 heavy (non-hydrogen) atoms. The first-order chi connectivity index (χ1) is 19.2.